The number of nitrogens with one attached hydrogen (secondary N) is 1. The van der Waals surface area contributed by atoms with Gasteiger partial charge in [0.05, 0.1) is 6.33 Å². The average molecular weight is 279 g/mol. The van der Waals surface area contributed by atoms with Crippen molar-refractivity contribution in [1.82, 2.24) is 14.5 Å². The molecule has 0 fully saturated rings. The van der Waals surface area contributed by atoms with Crippen molar-refractivity contribution in [3.8, 4) is 16.8 Å². The van der Waals surface area contributed by atoms with Crippen LogP contribution in [0.2, 0.25) is 0 Å². The maximum atomic E-state index is 11.7. The average Bonchev–Trinajstić information content (AvgIpc) is 3.04. The van der Waals surface area contributed by atoms with Crippen LogP contribution in [0.1, 0.15) is 18.2 Å². The summed E-state index contributed by atoms with van der Waals surface area (Å²) in [5.74, 6) is 0. The summed E-state index contributed by atoms with van der Waals surface area (Å²) in [4.78, 5) is 18.7. The van der Waals surface area contributed by atoms with Crippen LogP contribution in [-0.4, -0.2) is 14.5 Å². The third-order valence-corrected chi connectivity index (χ3v) is 3.64. The van der Waals surface area contributed by atoms with Gasteiger partial charge in [-0.1, -0.05) is 19.1 Å². The van der Waals surface area contributed by atoms with Crippen LogP contribution in [0.15, 0.2) is 53.8 Å². The lowest BCUT2D eigenvalue weighted by Gasteiger charge is -2.10. The monoisotopic (exact) mass is 279 g/mol. The summed E-state index contributed by atoms with van der Waals surface area (Å²) >= 11 is 0. The molecule has 1 aromatic carbocycles. The van der Waals surface area contributed by atoms with Crippen LogP contribution in [0, 0.1) is 6.92 Å². The van der Waals surface area contributed by atoms with Gasteiger partial charge in [0, 0.05) is 34.9 Å². The van der Waals surface area contributed by atoms with Crippen molar-refractivity contribution in [3.05, 3.63) is 70.7 Å². The fourth-order valence-electron chi connectivity index (χ4n) is 2.43. The molecule has 0 atom stereocenters. The van der Waals surface area contributed by atoms with E-state index in [9.17, 15) is 4.79 Å². The quantitative estimate of drug-likeness (QED) is 0.801. The van der Waals surface area contributed by atoms with Crippen molar-refractivity contribution in [1.29, 1.82) is 0 Å². The van der Waals surface area contributed by atoms with E-state index in [0.717, 1.165) is 34.5 Å². The lowest BCUT2D eigenvalue weighted by Crippen LogP contribution is -2.12. The minimum atomic E-state index is -0.00867. The van der Waals surface area contributed by atoms with Crippen LogP contribution in [0.25, 0.3) is 16.8 Å². The van der Waals surface area contributed by atoms with Gasteiger partial charge < -0.3 is 9.55 Å². The molecule has 0 aliphatic rings. The van der Waals surface area contributed by atoms with E-state index < -0.39 is 0 Å². The highest BCUT2D eigenvalue weighted by Crippen LogP contribution is 2.24. The molecule has 0 aliphatic heterocycles. The SMILES string of the molecule is CCc1[nH]c(=O)c(C)cc1-c1ccc(-n2ccnc2)cc1. The van der Waals surface area contributed by atoms with Crippen molar-refractivity contribution >= 4 is 0 Å². The normalized spacial score (nSPS) is 10.8. The number of hydrogen-bond acceptors (Lipinski definition) is 2. The van der Waals surface area contributed by atoms with E-state index in [4.69, 9.17) is 0 Å². The summed E-state index contributed by atoms with van der Waals surface area (Å²) in [7, 11) is 0. The number of imidazole rings is 1. The topological polar surface area (TPSA) is 50.7 Å². The number of benzene rings is 1. The Morgan fingerprint density at radius 3 is 2.62 bits per heavy atom. The van der Waals surface area contributed by atoms with Crippen LogP contribution in [0.3, 0.4) is 0 Å². The summed E-state index contributed by atoms with van der Waals surface area (Å²) < 4.78 is 1.96. The summed E-state index contributed by atoms with van der Waals surface area (Å²) in [5, 5.41) is 0. The highest BCUT2D eigenvalue weighted by Gasteiger charge is 2.07. The fraction of sp³-hybridized carbons (Fsp3) is 0.176. The predicted octanol–water partition coefficient (Wildman–Crippen LogP) is 3.10. The van der Waals surface area contributed by atoms with Gasteiger partial charge in [0.1, 0.15) is 0 Å². The molecule has 0 amide bonds. The van der Waals surface area contributed by atoms with Gasteiger partial charge in [-0.2, -0.15) is 0 Å². The first-order chi connectivity index (χ1) is 10.2. The highest BCUT2D eigenvalue weighted by atomic mass is 16.1. The van der Waals surface area contributed by atoms with Gasteiger partial charge in [-0.3, -0.25) is 4.79 Å². The standard InChI is InChI=1S/C17H17N3O/c1-3-16-15(10-12(2)17(21)19-16)13-4-6-14(7-5-13)20-9-8-18-11-20/h4-11H,3H2,1-2H3,(H,19,21). The molecule has 1 N–H and O–H groups in total. The second-order valence-electron chi connectivity index (χ2n) is 5.04. The molecule has 2 heterocycles. The lowest BCUT2D eigenvalue weighted by atomic mass is 10.0. The Morgan fingerprint density at radius 2 is 2.00 bits per heavy atom. The smallest absolute Gasteiger partial charge is 0.251 e. The molecule has 0 aliphatic carbocycles. The summed E-state index contributed by atoms with van der Waals surface area (Å²) in [6.45, 7) is 3.88. The van der Waals surface area contributed by atoms with E-state index in [1.165, 1.54) is 0 Å². The molecule has 4 nitrogen and oxygen atoms in total. The first-order valence-electron chi connectivity index (χ1n) is 7.00. The number of aryl methyl sites for hydroxylation is 2. The number of hydrogen-bond donors (Lipinski definition) is 1. The van der Waals surface area contributed by atoms with Crippen molar-refractivity contribution in [2.75, 3.05) is 0 Å². The third kappa shape index (κ3) is 2.52. The molecule has 3 aromatic rings. The Balaban J connectivity index is 2.05. The van der Waals surface area contributed by atoms with E-state index in [0.29, 0.717) is 0 Å². The van der Waals surface area contributed by atoms with Gasteiger partial charge in [0.2, 0.25) is 0 Å². The highest BCUT2D eigenvalue weighted by molar-refractivity contribution is 5.67. The Morgan fingerprint density at radius 1 is 1.24 bits per heavy atom. The van der Waals surface area contributed by atoms with E-state index in [1.807, 2.05) is 30.7 Å². The summed E-state index contributed by atoms with van der Waals surface area (Å²) in [6, 6.07) is 10.2. The van der Waals surface area contributed by atoms with Crippen LogP contribution in [-0.2, 0) is 6.42 Å². The van der Waals surface area contributed by atoms with E-state index >= 15 is 0 Å². The zero-order valence-electron chi connectivity index (χ0n) is 12.1. The molecule has 21 heavy (non-hydrogen) atoms. The number of aromatic amines is 1. The molecule has 4 heteroatoms. The fourth-order valence-corrected chi connectivity index (χ4v) is 2.43. The zero-order chi connectivity index (χ0) is 14.8. The minimum absolute atomic E-state index is 0.00867. The van der Waals surface area contributed by atoms with E-state index in [-0.39, 0.29) is 5.56 Å². The largest absolute Gasteiger partial charge is 0.325 e. The second kappa shape index (κ2) is 5.40. The van der Waals surface area contributed by atoms with Crippen molar-refractivity contribution in [3.63, 3.8) is 0 Å². The van der Waals surface area contributed by atoms with Crippen LogP contribution < -0.4 is 5.56 Å². The van der Waals surface area contributed by atoms with Gasteiger partial charge in [0.15, 0.2) is 0 Å². The molecule has 3 rings (SSSR count). The van der Waals surface area contributed by atoms with Crippen molar-refractivity contribution < 1.29 is 0 Å². The number of rotatable bonds is 3. The Labute approximate surface area is 123 Å². The van der Waals surface area contributed by atoms with E-state index in [2.05, 4.69) is 34.2 Å². The number of H-pyrrole nitrogens is 1. The first-order valence-corrected chi connectivity index (χ1v) is 7.00. The van der Waals surface area contributed by atoms with Gasteiger partial charge in [-0.15, -0.1) is 0 Å². The molecule has 2 aromatic heterocycles. The maximum Gasteiger partial charge on any atom is 0.251 e. The van der Waals surface area contributed by atoms with Gasteiger partial charge in [0.25, 0.3) is 5.56 Å². The molecule has 0 unspecified atom stereocenters. The van der Waals surface area contributed by atoms with Crippen LogP contribution >= 0.6 is 0 Å². The van der Waals surface area contributed by atoms with Gasteiger partial charge in [-0.25, -0.2) is 4.98 Å². The molecular weight excluding hydrogens is 262 g/mol. The second-order valence-corrected chi connectivity index (χ2v) is 5.04. The lowest BCUT2D eigenvalue weighted by molar-refractivity contribution is 1.00. The molecule has 0 saturated carbocycles. The molecule has 0 radical (unpaired) electrons. The molecule has 106 valence electrons. The number of nitrogens with zero attached hydrogens (tertiary/aromatic N) is 2. The van der Waals surface area contributed by atoms with Gasteiger partial charge >= 0.3 is 0 Å². The molecule has 0 saturated heterocycles. The summed E-state index contributed by atoms with van der Waals surface area (Å²) in [6.07, 6.45) is 6.25. The summed E-state index contributed by atoms with van der Waals surface area (Å²) in [5.41, 5.74) is 4.96. The Bertz CT molecular complexity index is 799. The van der Waals surface area contributed by atoms with Crippen LogP contribution in [0.4, 0.5) is 0 Å². The zero-order valence-corrected chi connectivity index (χ0v) is 12.1. The molecule has 0 bridgehead atoms. The number of pyridine rings is 1. The maximum absolute atomic E-state index is 11.7. The first kappa shape index (κ1) is 13.4. The number of aromatic nitrogens is 3. The van der Waals surface area contributed by atoms with Crippen molar-refractivity contribution in [2.24, 2.45) is 0 Å². The van der Waals surface area contributed by atoms with Crippen LogP contribution in [0.5, 0.6) is 0 Å². The minimum Gasteiger partial charge on any atom is -0.325 e. The Hall–Kier alpha value is -2.62. The van der Waals surface area contributed by atoms with Crippen molar-refractivity contribution in [2.45, 2.75) is 20.3 Å². The molecular formula is C17H17N3O. The Kier molecular flexibility index (Phi) is 3.44. The van der Waals surface area contributed by atoms with E-state index in [1.54, 1.807) is 12.5 Å². The third-order valence-electron chi connectivity index (χ3n) is 3.64. The predicted molar refractivity (Wildman–Crippen MR) is 83.7 cm³/mol. The van der Waals surface area contributed by atoms with Gasteiger partial charge in [-0.05, 0) is 37.1 Å². The molecule has 0 spiro atoms.